The number of ether oxygens (including phenoxy) is 1. The normalized spacial score (nSPS) is 11.6. The Morgan fingerprint density at radius 3 is 2.50 bits per heavy atom. The second kappa shape index (κ2) is 11.1. The molecule has 0 fully saturated rings. The minimum absolute atomic E-state index is 0.135. The quantitative estimate of drug-likeness (QED) is 0.230. The Labute approximate surface area is 229 Å². The lowest BCUT2D eigenvalue weighted by atomic mass is 9.93. The van der Waals surface area contributed by atoms with E-state index < -0.39 is 12.1 Å². The summed E-state index contributed by atoms with van der Waals surface area (Å²) in [5.74, 6) is -0.543. The van der Waals surface area contributed by atoms with E-state index in [2.05, 4.69) is 15.8 Å². The van der Waals surface area contributed by atoms with Crippen molar-refractivity contribution in [2.24, 2.45) is 7.05 Å². The molecule has 0 saturated heterocycles. The average Bonchev–Trinajstić information content (AvgIpc) is 3.33. The van der Waals surface area contributed by atoms with E-state index in [1.54, 1.807) is 18.6 Å². The third-order valence-electron chi connectivity index (χ3n) is 6.67. The molecule has 0 amide bonds. The molecule has 0 radical (unpaired) electrons. The highest BCUT2D eigenvalue weighted by molar-refractivity contribution is 5.97. The number of fused-ring (bicyclic) bond motifs is 1. The van der Waals surface area contributed by atoms with Crippen LogP contribution in [0.25, 0.3) is 21.9 Å². The van der Waals surface area contributed by atoms with Gasteiger partial charge in [-0.2, -0.15) is 5.26 Å². The molecule has 0 aliphatic carbocycles. The van der Waals surface area contributed by atoms with E-state index >= 15 is 0 Å². The highest BCUT2D eigenvalue weighted by Crippen LogP contribution is 2.33. The second-order valence-corrected chi connectivity index (χ2v) is 9.50. The fourth-order valence-electron chi connectivity index (χ4n) is 4.79. The van der Waals surface area contributed by atoms with Crippen LogP contribution in [0, 0.1) is 11.3 Å². The van der Waals surface area contributed by atoms with Crippen LogP contribution < -0.4 is 4.74 Å². The molecule has 1 aromatic heterocycles. The van der Waals surface area contributed by atoms with Gasteiger partial charge in [-0.1, -0.05) is 48.5 Å². The van der Waals surface area contributed by atoms with Crippen LogP contribution in [0.2, 0.25) is 0 Å². The molecule has 0 aliphatic heterocycles. The number of aromatic nitrogens is 2. The van der Waals surface area contributed by atoms with Crippen LogP contribution in [-0.4, -0.2) is 25.9 Å². The van der Waals surface area contributed by atoms with Crippen LogP contribution in [0.15, 0.2) is 91.4 Å². The highest BCUT2D eigenvalue weighted by Gasteiger charge is 2.31. The molecule has 5 aromatic rings. The predicted octanol–water partition coefficient (Wildman–Crippen LogP) is 6.92. The molecule has 0 spiro atoms. The number of aryl methyl sites for hydroxylation is 1. The van der Waals surface area contributed by atoms with E-state index in [0.717, 1.165) is 39.2 Å². The largest absolute Gasteiger partial charge is 0.573 e. The number of imidazole rings is 1. The summed E-state index contributed by atoms with van der Waals surface area (Å²) in [5.41, 5.74) is 4.32. The van der Waals surface area contributed by atoms with Gasteiger partial charge in [0.2, 0.25) is 0 Å². The van der Waals surface area contributed by atoms with Crippen LogP contribution in [0.3, 0.4) is 0 Å². The first-order chi connectivity index (χ1) is 19.2. The first-order valence-corrected chi connectivity index (χ1v) is 12.5. The standard InChI is InChI=1S/C31H25F3N4O2/c1-37-20-36-16-25(37)19-38(18-24-14-26(11-12-30(24)39)40-31(32,33)34)17-21-9-10-23(15-35)29(13-21)28-8-4-6-22-5-2-3-7-27(22)28/h2-14,16,20,39H,17-19H2,1H3. The van der Waals surface area contributed by atoms with Crippen molar-refractivity contribution in [1.29, 1.82) is 5.26 Å². The molecule has 0 bridgehead atoms. The smallest absolute Gasteiger partial charge is 0.508 e. The molecule has 9 heteroatoms. The van der Waals surface area contributed by atoms with Crippen LogP contribution >= 0.6 is 0 Å². The van der Waals surface area contributed by atoms with E-state index in [-0.39, 0.29) is 17.9 Å². The van der Waals surface area contributed by atoms with Gasteiger partial charge in [0.1, 0.15) is 11.5 Å². The van der Waals surface area contributed by atoms with Crippen molar-refractivity contribution in [3.05, 3.63) is 114 Å². The van der Waals surface area contributed by atoms with Crippen molar-refractivity contribution < 1.29 is 23.0 Å². The van der Waals surface area contributed by atoms with Crippen LogP contribution in [0.4, 0.5) is 13.2 Å². The van der Waals surface area contributed by atoms with Gasteiger partial charge < -0.3 is 14.4 Å². The van der Waals surface area contributed by atoms with Crippen LogP contribution in [-0.2, 0) is 26.7 Å². The Bertz CT molecular complexity index is 1700. The van der Waals surface area contributed by atoms with Gasteiger partial charge >= 0.3 is 6.36 Å². The topological polar surface area (TPSA) is 74.3 Å². The zero-order valence-electron chi connectivity index (χ0n) is 21.6. The van der Waals surface area contributed by atoms with Gasteiger partial charge in [-0.15, -0.1) is 13.2 Å². The zero-order valence-corrected chi connectivity index (χ0v) is 21.6. The van der Waals surface area contributed by atoms with Gasteiger partial charge in [-0.3, -0.25) is 4.90 Å². The Kier molecular flexibility index (Phi) is 7.45. The molecule has 0 saturated carbocycles. The lowest BCUT2D eigenvalue weighted by Crippen LogP contribution is -2.24. The maximum atomic E-state index is 12.8. The fraction of sp³-hybridized carbons (Fsp3) is 0.161. The number of hydrogen-bond acceptors (Lipinski definition) is 5. The van der Waals surface area contributed by atoms with Gasteiger partial charge in [-0.05, 0) is 52.2 Å². The second-order valence-electron chi connectivity index (χ2n) is 9.50. The fourth-order valence-corrected chi connectivity index (χ4v) is 4.79. The monoisotopic (exact) mass is 542 g/mol. The summed E-state index contributed by atoms with van der Waals surface area (Å²) in [4.78, 5) is 6.16. The van der Waals surface area contributed by atoms with Gasteiger partial charge in [0, 0.05) is 44.0 Å². The first kappa shape index (κ1) is 26.8. The molecular formula is C31H25F3N4O2. The summed E-state index contributed by atoms with van der Waals surface area (Å²) in [6.07, 6.45) is -1.46. The maximum absolute atomic E-state index is 12.8. The van der Waals surface area contributed by atoms with Crippen molar-refractivity contribution in [3.8, 4) is 28.7 Å². The number of aromatic hydroxyl groups is 1. The summed E-state index contributed by atoms with van der Waals surface area (Å²) >= 11 is 0. The third-order valence-corrected chi connectivity index (χ3v) is 6.67. The van der Waals surface area contributed by atoms with Crippen molar-refractivity contribution >= 4 is 10.8 Å². The number of hydrogen-bond donors (Lipinski definition) is 1. The summed E-state index contributed by atoms with van der Waals surface area (Å²) < 4.78 is 44.4. The number of benzene rings is 4. The van der Waals surface area contributed by atoms with E-state index in [1.165, 1.54) is 12.1 Å². The summed E-state index contributed by atoms with van der Waals surface area (Å²) in [6, 6.07) is 25.3. The third kappa shape index (κ3) is 6.08. The van der Waals surface area contributed by atoms with Gasteiger partial charge in [0.15, 0.2) is 0 Å². The van der Waals surface area contributed by atoms with E-state index in [4.69, 9.17) is 0 Å². The molecule has 5 rings (SSSR count). The number of nitriles is 1. The van der Waals surface area contributed by atoms with Crippen molar-refractivity contribution in [1.82, 2.24) is 14.5 Å². The first-order valence-electron chi connectivity index (χ1n) is 12.5. The number of rotatable bonds is 8. The Hall–Kier alpha value is -4.81. The Morgan fingerprint density at radius 2 is 1.75 bits per heavy atom. The molecule has 1 heterocycles. The average molecular weight is 543 g/mol. The number of alkyl halides is 3. The van der Waals surface area contributed by atoms with Gasteiger partial charge in [0.25, 0.3) is 0 Å². The molecule has 0 atom stereocenters. The molecule has 1 N–H and O–H groups in total. The predicted molar refractivity (Wildman–Crippen MR) is 145 cm³/mol. The van der Waals surface area contributed by atoms with E-state index in [0.29, 0.717) is 18.7 Å². The minimum Gasteiger partial charge on any atom is -0.508 e. The van der Waals surface area contributed by atoms with E-state index in [9.17, 15) is 23.5 Å². The van der Waals surface area contributed by atoms with Crippen molar-refractivity contribution in [2.75, 3.05) is 0 Å². The number of halogens is 3. The zero-order chi connectivity index (χ0) is 28.3. The van der Waals surface area contributed by atoms with Crippen LogP contribution in [0.1, 0.15) is 22.4 Å². The number of nitrogens with zero attached hydrogens (tertiary/aromatic N) is 4. The molecular weight excluding hydrogens is 517 g/mol. The van der Waals surface area contributed by atoms with Crippen molar-refractivity contribution in [3.63, 3.8) is 0 Å². The van der Waals surface area contributed by atoms with Gasteiger partial charge in [-0.25, -0.2) is 4.98 Å². The summed E-state index contributed by atoms with van der Waals surface area (Å²) in [6.45, 7) is 0.929. The Balaban J connectivity index is 1.51. The molecule has 202 valence electrons. The number of phenolic OH excluding ortho intramolecular Hbond substituents is 1. The highest BCUT2D eigenvalue weighted by atomic mass is 19.4. The Morgan fingerprint density at radius 1 is 0.950 bits per heavy atom. The van der Waals surface area contributed by atoms with Gasteiger partial charge in [0.05, 0.1) is 23.7 Å². The molecule has 4 aromatic carbocycles. The molecule has 0 aliphatic rings. The summed E-state index contributed by atoms with van der Waals surface area (Å²) in [7, 11) is 1.86. The SMILES string of the molecule is Cn1cncc1CN(Cc1ccc(C#N)c(-c2cccc3ccccc23)c1)Cc1cc(OC(F)(F)F)ccc1O. The lowest BCUT2D eigenvalue weighted by molar-refractivity contribution is -0.274. The maximum Gasteiger partial charge on any atom is 0.573 e. The van der Waals surface area contributed by atoms with Crippen LogP contribution in [0.5, 0.6) is 11.5 Å². The minimum atomic E-state index is -4.84. The lowest BCUT2D eigenvalue weighted by Gasteiger charge is -2.24. The summed E-state index contributed by atoms with van der Waals surface area (Å²) in [5, 5.41) is 22.4. The molecule has 6 nitrogen and oxygen atoms in total. The molecule has 0 unspecified atom stereocenters. The number of phenols is 1. The van der Waals surface area contributed by atoms with E-state index in [1.807, 2.05) is 71.1 Å². The molecule has 40 heavy (non-hydrogen) atoms. The van der Waals surface area contributed by atoms with Crippen molar-refractivity contribution in [2.45, 2.75) is 26.0 Å².